The normalized spacial score (nSPS) is 17.5. The van der Waals surface area contributed by atoms with E-state index < -0.39 is 5.82 Å². The SMILES string of the molecule is CCN(C(=O)c1cc(F)ccc1Oc1nnccc1N1CC2(CC(Oc3ccnc4c3CN(CCCN(C)C)CC4)C2)C1)C(C)C. The molecule has 4 heterocycles. The maximum Gasteiger partial charge on any atom is 0.262 e. The van der Waals surface area contributed by atoms with Crippen LogP contribution in [0.2, 0.25) is 0 Å². The van der Waals surface area contributed by atoms with Crippen molar-refractivity contribution in [1.29, 1.82) is 0 Å². The second kappa shape index (κ2) is 13.5. The van der Waals surface area contributed by atoms with Crippen LogP contribution in [0.4, 0.5) is 10.1 Å². The fourth-order valence-electron chi connectivity index (χ4n) is 7.13. The molecule has 3 aromatic rings. The van der Waals surface area contributed by atoms with Crippen LogP contribution < -0.4 is 14.4 Å². The average molecular weight is 632 g/mol. The minimum Gasteiger partial charge on any atom is -0.490 e. The molecule has 6 rings (SSSR count). The van der Waals surface area contributed by atoms with Gasteiger partial charge in [0.1, 0.15) is 29.1 Å². The van der Waals surface area contributed by atoms with Crippen LogP contribution in [0.25, 0.3) is 0 Å². The van der Waals surface area contributed by atoms with Gasteiger partial charge in [0, 0.05) is 68.1 Å². The summed E-state index contributed by atoms with van der Waals surface area (Å²) in [4.78, 5) is 26.7. The number of rotatable bonds is 12. The van der Waals surface area contributed by atoms with Crippen LogP contribution in [-0.4, -0.2) is 101 Å². The van der Waals surface area contributed by atoms with E-state index in [0.29, 0.717) is 12.4 Å². The van der Waals surface area contributed by atoms with Gasteiger partial charge < -0.3 is 24.2 Å². The van der Waals surface area contributed by atoms with Crippen LogP contribution in [-0.2, 0) is 13.0 Å². The third kappa shape index (κ3) is 6.80. The van der Waals surface area contributed by atoms with Crippen molar-refractivity contribution in [3.05, 3.63) is 65.4 Å². The van der Waals surface area contributed by atoms with Gasteiger partial charge in [0.25, 0.3) is 11.8 Å². The lowest BCUT2D eigenvalue weighted by Gasteiger charge is -2.59. The number of amides is 1. The fourth-order valence-corrected chi connectivity index (χ4v) is 7.13. The van der Waals surface area contributed by atoms with Crippen molar-refractivity contribution >= 4 is 11.6 Å². The third-order valence-electron chi connectivity index (χ3n) is 9.51. The van der Waals surface area contributed by atoms with Gasteiger partial charge in [-0.2, -0.15) is 5.10 Å². The van der Waals surface area contributed by atoms with Crippen molar-refractivity contribution in [3.63, 3.8) is 0 Å². The molecule has 10 nitrogen and oxygen atoms in total. The van der Waals surface area contributed by atoms with Gasteiger partial charge >= 0.3 is 0 Å². The van der Waals surface area contributed by atoms with E-state index in [-0.39, 0.29) is 34.8 Å². The summed E-state index contributed by atoms with van der Waals surface area (Å²) < 4.78 is 27.1. The Kier molecular flexibility index (Phi) is 9.42. The average Bonchev–Trinajstić information content (AvgIpc) is 2.99. The highest BCUT2D eigenvalue weighted by atomic mass is 19.1. The number of nitrogens with zero attached hydrogens (tertiary/aromatic N) is 7. The summed E-state index contributed by atoms with van der Waals surface area (Å²) in [6, 6.07) is 7.89. The number of hydrogen-bond acceptors (Lipinski definition) is 9. The summed E-state index contributed by atoms with van der Waals surface area (Å²) in [5, 5.41) is 8.31. The van der Waals surface area contributed by atoms with Gasteiger partial charge in [-0.15, -0.1) is 5.10 Å². The molecule has 1 aromatic carbocycles. The molecule has 3 aliphatic rings. The Morgan fingerprint density at radius 3 is 2.67 bits per heavy atom. The summed E-state index contributed by atoms with van der Waals surface area (Å²) in [5.41, 5.74) is 3.57. The molecule has 46 heavy (non-hydrogen) atoms. The second-order valence-corrected chi connectivity index (χ2v) is 13.6. The lowest BCUT2D eigenvalue weighted by molar-refractivity contribution is -0.0350. The molecule has 11 heteroatoms. The molecule has 0 atom stereocenters. The second-order valence-electron chi connectivity index (χ2n) is 13.6. The largest absolute Gasteiger partial charge is 0.490 e. The first kappa shape index (κ1) is 32.1. The predicted octanol–water partition coefficient (Wildman–Crippen LogP) is 5.03. The van der Waals surface area contributed by atoms with Gasteiger partial charge in [-0.05, 0) is 97.6 Å². The van der Waals surface area contributed by atoms with Crippen molar-refractivity contribution in [3.8, 4) is 17.4 Å². The van der Waals surface area contributed by atoms with Crippen molar-refractivity contribution in [1.82, 2.24) is 29.9 Å². The third-order valence-corrected chi connectivity index (χ3v) is 9.51. The number of carbonyl (C=O) groups is 1. The fraction of sp³-hybridized carbons (Fsp3) is 0.543. The van der Waals surface area contributed by atoms with E-state index in [1.165, 1.54) is 29.5 Å². The quantitative estimate of drug-likeness (QED) is 0.273. The molecule has 1 spiro atoms. The maximum absolute atomic E-state index is 14.3. The summed E-state index contributed by atoms with van der Waals surface area (Å²) in [5.74, 6) is 0.767. The number of ether oxygens (including phenoxy) is 2. The van der Waals surface area contributed by atoms with Gasteiger partial charge in [0.2, 0.25) is 0 Å². The Labute approximate surface area is 271 Å². The number of carbonyl (C=O) groups excluding carboxylic acids is 1. The highest BCUT2D eigenvalue weighted by Gasteiger charge is 2.54. The molecule has 0 N–H and O–H groups in total. The number of aromatic nitrogens is 3. The number of benzene rings is 1. The molecule has 0 bridgehead atoms. The lowest BCUT2D eigenvalue weighted by Crippen LogP contribution is -2.65. The number of fused-ring (bicyclic) bond motifs is 1. The molecule has 0 unspecified atom stereocenters. The van der Waals surface area contributed by atoms with E-state index in [1.54, 1.807) is 11.1 Å². The number of halogens is 1. The Hall–Kier alpha value is -3.83. The highest BCUT2D eigenvalue weighted by molar-refractivity contribution is 5.97. The van der Waals surface area contributed by atoms with Crippen molar-refractivity contribution in [2.45, 2.75) is 65.1 Å². The van der Waals surface area contributed by atoms with E-state index in [1.807, 2.05) is 39.1 Å². The van der Waals surface area contributed by atoms with E-state index in [0.717, 1.165) is 76.4 Å². The molecular weight excluding hydrogens is 585 g/mol. The summed E-state index contributed by atoms with van der Waals surface area (Å²) in [6.07, 6.45) is 7.80. The first-order chi connectivity index (χ1) is 22.1. The van der Waals surface area contributed by atoms with Gasteiger partial charge in [-0.1, -0.05) is 0 Å². The smallest absolute Gasteiger partial charge is 0.262 e. The Morgan fingerprint density at radius 1 is 1.13 bits per heavy atom. The van der Waals surface area contributed by atoms with Gasteiger partial charge in [-0.25, -0.2) is 4.39 Å². The van der Waals surface area contributed by atoms with Gasteiger partial charge in [0.15, 0.2) is 0 Å². The lowest BCUT2D eigenvalue weighted by atomic mass is 9.61. The van der Waals surface area contributed by atoms with Crippen LogP contribution >= 0.6 is 0 Å². The van der Waals surface area contributed by atoms with E-state index in [2.05, 4.69) is 44.0 Å². The number of anilines is 1. The number of hydrogen-bond donors (Lipinski definition) is 0. The minimum absolute atomic E-state index is 0.0370. The minimum atomic E-state index is -0.495. The molecule has 246 valence electrons. The van der Waals surface area contributed by atoms with Gasteiger partial charge in [-0.3, -0.25) is 14.7 Å². The molecule has 1 amide bonds. The zero-order valence-electron chi connectivity index (χ0n) is 27.7. The Bertz CT molecular complexity index is 1540. The van der Waals surface area contributed by atoms with E-state index >= 15 is 0 Å². The molecule has 2 aliphatic heterocycles. The summed E-state index contributed by atoms with van der Waals surface area (Å²) >= 11 is 0. The predicted molar refractivity (Wildman–Crippen MR) is 175 cm³/mol. The zero-order chi connectivity index (χ0) is 32.4. The highest BCUT2D eigenvalue weighted by Crippen LogP contribution is 2.52. The molecule has 1 aliphatic carbocycles. The van der Waals surface area contributed by atoms with Crippen LogP contribution in [0, 0.1) is 11.2 Å². The zero-order valence-corrected chi connectivity index (χ0v) is 27.7. The topological polar surface area (TPSA) is 87.2 Å². The molecular formula is C35H46FN7O3. The number of pyridine rings is 1. The van der Waals surface area contributed by atoms with E-state index in [4.69, 9.17) is 9.47 Å². The Balaban J connectivity index is 1.08. The van der Waals surface area contributed by atoms with Crippen molar-refractivity contribution < 1.29 is 18.7 Å². The van der Waals surface area contributed by atoms with Crippen LogP contribution in [0.15, 0.2) is 42.7 Å². The molecule has 1 saturated heterocycles. The summed E-state index contributed by atoms with van der Waals surface area (Å²) in [6.45, 7) is 12.1. The van der Waals surface area contributed by atoms with Crippen molar-refractivity contribution in [2.75, 3.05) is 58.3 Å². The Morgan fingerprint density at radius 2 is 1.93 bits per heavy atom. The molecule has 2 fully saturated rings. The van der Waals surface area contributed by atoms with Gasteiger partial charge in [0.05, 0.1) is 11.8 Å². The monoisotopic (exact) mass is 631 g/mol. The van der Waals surface area contributed by atoms with Crippen molar-refractivity contribution in [2.24, 2.45) is 5.41 Å². The van der Waals surface area contributed by atoms with Crippen LogP contribution in [0.3, 0.4) is 0 Å². The first-order valence-corrected chi connectivity index (χ1v) is 16.5. The molecule has 1 saturated carbocycles. The molecule has 0 radical (unpaired) electrons. The standard InChI is InChI=1S/C35H46FN7O3/c1-6-43(24(2)3)34(44)27-18-25(36)8-9-31(27)46-33-30(10-14-38-39-33)42-22-35(23-42)19-26(20-35)45-32-11-13-37-29-12-17-41(21-28(29)32)16-7-15-40(4)5/h8-11,13-14,18,24,26H,6-7,12,15-17,19-23H2,1-5H3. The van der Waals surface area contributed by atoms with E-state index in [9.17, 15) is 9.18 Å². The van der Waals surface area contributed by atoms with Crippen LogP contribution in [0.5, 0.6) is 17.4 Å². The summed E-state index contributed by atoms with van der Waals surface area (Å²) in [7, 11) is 4.24. The van der Waals surface area contributed by atoms with Crippen LogP contribution in [0.1, 0.15) is 61.6 Å². The molecule has 2 aromatic heterocycles. The maximum atomic E-state index is 14.3. The first-order valence-electron chi connectivity index (χ1n) is 16.5.